The molecule has 0 radical (unpaired) electrons. The highest BCUT2D eigenvalue weighted by molar-refractivity contribution is 7.98. The number of thioether (sulfide) groups is 1. The topological polar surface area (TPSA) is 105 Å². The lowest BCUT2D eigenvalue weighted by atomic mass is 9.98. The molecule has 0 spiro atoms. The Morgan fingerprint density at radius 1 is 1.06 bits per heavy atom. The van der Waals surface area contributed by atoms with Crippen molar-refractivity contribution in [1.82, 2.24) is 10.6 Å². The highest BCUT2D eigenvalue weighted by Gasteiger charge is 2.33. The van der Waals surface area contributed by atoms with E-state index in [0.717, 1.165) is 22.3 Å². The molecule has 1 saturated carbocycles. The first-order valence-corrected chi connectivity index (χ1v) is 13.0. The number of amides is 2. The SMILES string of the molecule is CSCCC(NC(=O)OCC1c2ccccc2-c2ccccc21)C(=O)N[C@H]1CC[C@@H](C(=O)O)C1. The van der Waals surface area contributed by atoms with Gasteiger partial charge >= 0.3 is 12.1 Å². The van der Waals surface area contributed by atoms with Crippen LogP contribution in [0, 0.1) is 5.92 Å². The maximum absolute atomic E-state index is 12.9. The zero-order valence-electron chi connectivity index (χ0n) is 19.2. The summed E-state index contributed by atoms with van der Waals surface area (Å²) in [5.74, 6) is -0.899. The molecule has 1 unspecified atom stereocenters. The second-order valence-electron chi connectivity index (χ2n) is 8.86. The monoisotopic (exact) mass is 482 g/mol. The van der Waals surface area contributed by atoms with Crippen molar-refractivity contribution in [3.05, 3.63) is 59.7 Å². The van der Waals surface area contributed by atoms with Gasteiger partial charge in [-0.15, -0.1) is 0 Å². The van der Waals surface area contributed by atoms with Crippen LogP contribution in [0.3, 0.4) is 0 Å². The Labute approximate surface area is 203 Å². The number of carbonyl (C=O) groups is 3. The van der Waals surface area contributed by atoms with Crippen molar-refractivity contribution < 1.29 is 24.2 Å². The van der Waals surface area contributed by atoms with Crippen molar-refractivity contribution in [2.45, 2.75) is 43.7 Å². The molecule has 3 N–H and O–H groups in total. The van der Waals surface area contributed by atoms with E-state index in [1.165, 1.54) is 0 Å². The normalized spacial score (nSPS) is 19.7. The van der Waals surface area contributed by atoms with Gasteiger partial charge in [-0.1, -0.05) is 48.5 Å². The molecule has 2 aromatic carbocycles. The van der Waals surface area contributed by atoms with Crippen LogP contribution in [0.2, 0.25) is 0 Å². The molecule has 0 aromatic heterocycles. The fourth-order valence-corrected chi connectivity index (χ4v) is 5.40. The molecule has 0 heterocycles. The van der Waals surface area contributed by atoms with E-state index in [9.17, 15) is 19.5 Å². The number of rotatable bonds is 9. The lowest BCUT2D eigenvalue weighted by molar-refractivity contribution is -0.141. The largest absolute Gasteiger partial charge is 0.481 e. The van der Waals surface area contributed by atoms with Gasteiger partial charge in [-0.3, -0.25) is 9.59 Å². The third-order valence-electron chi connectivity index (χ3n) is 6.69. The molecule has 180 valence electrons. The van der Waals surface area contributed by atoms with Crippen LogP contribution in [-0.2, 0) is 14.3 Å². The standard InChI is InChI=1S/C26H30N2O5S/c1-34-13-12-23(24(29)27-17-11-10-16(14-17)25(30)31)28-26(32)33-15-22-20-8-4-2-6-18(20)19-7-3-5-9-21(19)22/h2-9,16-17,22-23H,10-15H2,1H3,(H,27,29)(H,28,32)(H,30,31)/t16-,17+,23?/m1/s1. The van der Waals surface area contributed by atoms with Gasteiger partial charge in [-0.05, 0) is 59.9 Å². The first kappa shape index (κ1) is 24.1. The molecule has 3 atom stereocenters. The molecule has 0 saturated heterocycles. The Balaban J connectivity index is 1.36. The van der Waals surface area contributed by atoms with Crippen LogP contribution in [-0.4, -0.2) is 53.8 Å². The average molecular weight is 483 g/mol. The van der Waals surface area contributed by atoms with Gasteiger partial charge in [0.15, 0.2) is 0 Å². The van der Waals surface area contributed by atoms with Crippen molar-refractivity contribution in [3.63, 3.8) is 0 Å². The summed E-state index contributed by atoms with van der Waals surface area (Å²) in [6.45, 7) is 0.180. The molecule has 2 aliphatic rings. The number of ether oxygens (including phenoxy) is 1. The van der Waals surface area contributed by atoms with Gasteiger partial charge in [-0.25, -0.2) is 4.79 Å². The minimum Gasteiger partial charge on any atom is -0.481 e. The van der Waals surface area contributed by atoms with Gasteiger partial charge in [0.05, 0.1) is 5.92 Å². The van der Waals surface area contributed by atoms with Crippen LogP contribution < -0.4 is 10.6 Å². The lowest BCUT2D eigenvalue weighted by Crippen LogP contribution is -2.49. The van der Waals surface area contributed by atoms with E-state index in [1.54, 1.807) is 11.8 Å². The quantitative estimate of drug-likeness (QED) is 0.499. The van der Waals surface area contributed by atoms with E-state index in [-0.39, 0.29) is 24.5 Å². The number of alkyl carbamates (subject to hydrolysis) is 1. The summed E-state index contributed by atoms with van der Waals surface area (Å²) in [4.78, 5) is 36.7. The van der Waals surface area contributed by atoms with E-state index in [0.29, 0.717) is 31.4 Å². The van der Waals surface area contributed by atoms with Crippen LogP contribution >= 0.6 is 11.8 Å². The van der Waals surface area contributed by atoms with Crippen LogP contribution in [0.5, 0.6) is 0 Å². The minimum atomic E-state index is -0.826. The molecule has 4 rings (SSSR count). The highest BCUT2D eigenvalue weighted by Crippen LogP contribution is 2.44. The van der Waals surface area contributed by atoms with E-state index < -0.39 is 24.0 Å². The molecule has 2 aromatic rings. The van der Waals surface area contributed by atoms with Gasteiger partial charge < -0.3 is 20.5 Å². The number of fused-ring (bicyclic) bond motifs is 3. The predicted octanol–water partition coefficient (Wildman–Crippen LogP) is 4.02. The zero-order valence-corrected chi connectivity index (χ0v) is 20.0. The maximum Gasteiger partial charge on any atom is 0.407 e. The summed E-state index contributed by atoms with van der Waals surface area (Å²) in [5.41, 5.74) is 4.56. The molecule has 7 nitrogen and oxygen atoms in total. The lowest BCUT2D eigenvalue weighted by Gasteiger charge is -2.21. The predicted molar refractivity (Wildman–Crippen MR) is 132 cm³/mol. The van der Waals surface area contributed by atoms with Gasteiger partial charge in [0.25, 0.3) is 0 Å². The Morgan fingerprint density at radius 2 is 1.71 bits per heavy atom. The van der Waals surface area contributed by atoms with Crippen molar-refractivity contribution in [2.75, 3.05) is 18.6 Å². The van der Waals surface area contributed by atoms with Gasteiger partial charge in [0, 0.05) is 12.0 Å². The van der Waals surface area contributed by atoms with Gasteiger partial charge in [0.1, 0.15) is 12.6 Å². The van der Waals surface area contributed by atoms with Crippen molar-refractivity contribution in [1.29, 1.82) is 0 Å². The summed E-state index contributed by atoms with van der Waals surface area (Å²) in [6.07, 6.45) is 3.38. The van der Waals surface area contributed by atoms with Gasteiger partial charge in [-0.2, -0.15) is 11.8 Å². The van der Waals surface area contributed by atoms with Crippen LogP contribution in [0.15, 0.2) is 48.5 Å². The van der Waals surface area contributed by atoms with Crippen molar-refractivity contribution in [3.8, 4) is 11.1 Å². The fraction of sp³-hybridized carbons (Fsp3) is 0.423. The van der Waals surface area contributed by atoms with Gasteiger partial charge in [0.2, 0.25) is 5.91 Å². The van der Waals surface area contributed by atoms with E-state index >= 15 is 0 Å². The fourth-order valence-electron chi connectivity index (χ4n) is 4.93. The molecular weight excluding hydrogens is 452 g/mol. The number of hydrogen-bond acceptors (Lipinski definition) is 5. The third-order valence-corrected chi connectivity index (χ3v) is 7.34. The second kappa shape index (κ2) is 11.0. The van der Waals surface area contributed by atoms with Crippen LogP contribution in [0.4, 0.5) is 4.79 Å². The summed E-state index contributed by atoms with van der Waals surface area (Å²) in [7, 11) is 0. The third kappa shape index (κ3) is 5.38. The van der Waals surface area contributed by atoms with Crippen LogP contribution in [0.25, 0.3) is 11.1 Å². The number of carbonyl (C=O) groups excluding carboxylic acids is 2. The number of carboxylic acid groups (broad SMARTS) is 1. The summed E-state index contributed by atoms with van der Waals surface area (Å²) >= 11 is 1.59. The first-order valence-electron chi connectivity index (χ1n) is 11.6. The summed E-state index contributed by atoms with van der Waals surface area (Å²) in [6, 6.07) is 15.3. The molecule has 34 heavy (non-hydrogen) atoms. The number of aliphatic carboxylic acids is 1. The summed E-state index contributed by atoms with van der Waals surface area (Å²) in [5, 5.41) is 14.8. The Hall–Kier alpha value is -3.00. The highest BCUT2D eigenvalue weighted by atomic mass is 32.2. The van der Waals surface area contributed by atoms with E-state index in [4.69, 9.17) is 4.74 Å². The first-order chi connectivity index (χ1) is 16.5. The second-order valence-corrected chi connectivity index (χ2v) is 9.84. The Morgan fingerprint density at radius 3 is 2.29 bits per heavy atom. The average Bonchev–Trinajstić information content (AvgIpc) is 3.43. The van der Waals surface area contributed by atoms with E-state index in [1.807, 2.05) is 30.5 Å². The van der Waals surface area contributed by atoms with Crippen molar-refractivity contribution >= 4 is 29.7 Å². The van der Waals surface area contributed by atoms with Crippen molar-refractivity contribution in [2.24, 2.45) is 5.92 Å². The number of nitrogens with one attached hydrogen (secondary N) is 2. The van der Waals surface area contributed by atoms with E-state index in [2.05, 4.69) is 34.9 Å². The maximum atomic E-state index is 12.9. The Bertz CT molecular complexity index is 1010. The smallest absolute Gasteiger partial charge is 0.407 e. The number of hydrogen-bond donors (Lipinski definition) is 3. The number of benzene rings is 2. The molecule has 1 fully saturated rings. The molecule has 0 bridgehead atoms. The minimum absolute atomic E-state index is 0.0527. The molecule has 0 aliphatic heterocycles. The molecule has 2 amide bonds. The zero-order chi connectivity index (χ0) is 24.1. The molecule has 8 heteroatoms. The number of carboxylic acids is 1. The Kier molecular flexibility index (Phi) is 7.77. The summed E-state index contributed by atoms with van der Waals surface area (Å²) < 4.78 is 5.60. The molecule has 2 aliphatic carbocycles. The molecular formula is C26H30N2O5S. The van der Waals surface area contributed by atoms with Crippen LogP contribution in [0.1, 0.15) is 42.7 Å².